The van der Waals surface area contributed by atoms with Crippen LogP contribution in [0, 0.1) is 11.6 Å². The Morgan fingerprint density at radius 3 is 2.30 bits per heavy atom. The molecule has 10 heteroatoms. The standard InChI is InChI=1S/C20H21F2NO6S/c1-4-23(5-2)30(26,27)19-10-13(6-8-16(19)22)20(25)29-12-17(24)15-11-14(21)7-9-18(15)28-3/h6-11H,4-5,12H2,1-3H3. The van der Waals surface area contributed by atoms with E-state index < -0.39 is 44.9 Å². The smallest absolute Gasteiger partial charge is 0.338 e. The van der Waals surface area contributed by atoms with Crippen LogP contribution in [0.3, 0.4) is 0 Å². The molecular formula is C20H21F2NO6S. The van der Waals surface area contributed by atoms with Gasteiger partial charge in [-0.2, -0.15) is 4.31 Å². The van der Waals surface area contributed by atoms with Crippen molar-refractivity contribution in [3.8, 4) is 5.75 Å². The van der Waals surface area contributed by atoms with Gasteiger partial charge in [-0.25, -0.2) is 22.0 Å². The van der Waals surface area contributed by atoms with Gasteiger partial charge in [-0.05, 0) is 36.4 Å². The monoisotopic (exact) mass is 441 g/mol. The first-order chi connectivity index (χ1) is 14.1. The zero-order chi connectivity index (χ0) is 22.5. The first-order valence-electron chi connectivity index (χ1n) is 8.99. The number of carbonyl (C=O) groups excluding carboxylic acids is 2. The highest BCUT2D eigenvalue weighted by Crippen LogP contribution is 2.22. The predicted molar refractivity (Wildman–Crippen MR) is 104 cm³/mol. The number of ketones is 1. The van der Waals surface area contributed by atoms with Crippen molar-refractivity contribution in [2.75, 3.05) is 26.8 Å². The van der Waals surface area contributed by atoms with Crippen molar-refractivity contribution in [2.24, 2.45) is 0 Å². The van der Waals surface area contributed by atoms with Crippen molar-refractivity contribution in [3.05, 3.63) is 59.2 Å². The minimum atomic E-state index is -4.15. The van der Waals surface area contributed by atoms with Gasteiger partial charge in [0.25, 0.3) is 0 Å². The number of halogens is 2. The third kappa shape index (κ3) is 5.00. The van der Waals surface area contributed by atoms with E-state index in [1.165, 1.54) is 13.2 Å². The fourth-order valence-electron chi connectivity index (χ4n) is 2.72. The van der Waals surface area contributed by atoms with E-state index in [1.54, 1.807) is 13.8 Å². The van der Waals surface area contributed by atoms with Gasteiger partial charge in [-0.3, -0.25) is 4.79 Å². The molecule has 0 saturated carbocycles. The maximum absolute atomic E-state index is 14.2. The van der Waals surface area contributed by atoms with Gasteiger partial charge in [0.05, 0.1) is 18.2 Å². The molecule has 2 rings (SSSR count). The first kappa shape index (κ1) is 23.4. The quantitative estimate of drug-likeness (QED) is 0.439. The number of sulfonamides is 1. The Hall–Kier alpha value is -2.85. The van der Waals surface area contributed by atoms with E-state index in [4.69, 9.17) is 9.47 Å². The number of Topliss-reactive ketones (excluding diaryl/α,β-unsaturated/α-hetero) is 1. The summed E-state index contributed by atoms with van der Waals surface area (Å²) in [6.07, 6.45) is 0. The molecule has 0 aliphatic heterocycles. The van der Waals surface area contributed by atoms with Gasteiger partial charge in [0.15, 0.2) is 6.61 Å². The topological polar surface area (TPSA) is 90.0 Å². The molecule has 30 heavy (non-hydrogen) atoms. The molecule has 7 nitrogen and oxygen atoms in total. The lowest BCUT2D eigenvalue weighted by molar-refractivity contribution is 0.0473. The number of esters is 1. The summed E-state index contributed by atoms with van der Waals surface area (Å²) in [4.78, 5) is 23.9. The Morgan fingerprint density at radius 1 is 1.03 bits per heavy atom. The molecule has 0 aromatic heterocycles. The number of benzene rings is 2. The van der Waals surface area contributed by atoms with Gasteiger partial charge in [0.1, 0.15) is 22.3 Å². The van der Waals surface area contributed by atoms with E-state index in [0.29, 0.717) is 0 Å². The Balaban J connectivity index is 2.23. The summed E-state index contributed by atoms with van der Waals surface area (Å²) >= 11 is 0. The van der Waals surface area contributed by atoms with Crippen molar-refractivity contribution >= 4 is 21.8 Å². The SMILES string of the molecule is CCN(CC)S(=O)(=O)c1cc(C(=O)OCC(=O)c2cc(F)ccc2OC)ccc1F. The van der Waals surface area contributed by atoms with Gasteiger partial charge < -0.3 is 9.47 Å². The predicted octanol–water partition coefficient (Wildman–Crippen LogP) is 3.04. The summed E-state index contributed by atoms with van der Waals surface area (Å²) in [7, 11) is -2.85. The van der Waals surface area contributed by atoms with Gasteiger partial charge >= 0.3 is 5.97 Å². The molecule has 0 saturated heterocycles. The van der Waals surface area contributed by atoms with E-state index in [2.05, 4.69) is 0 Å². The van der Waals surface area contributed by atoms with E-state index in [-0.39, 0.29) is 30.0 Å². The van der Waals surface area contributed by atoms with Gasteiger partial charge in [-0.15, -0.1) is 0 Å². The minimum absolute atomic E-state index is 0.104. The number of hydrogen-bond donors (Lipinski definition) is 0. The van der Waals surface area contributed by atoms with Gasteiger partial charge in [0.2, 0.25) is 15.8 Å². The Bertz CT molecular complexity index is 1050. The molecule has 0 aliphatic carbocycles. The second-order valence-corrected chi connectivity index (χ2v) is 7.98. The third-order valence-electron chi connectivity index (χ3n) is 4.29. The summed E-state index contributed by atoms with van der Waals surface area (Å²) in [6, 6.07) is 6.06. The number of methoxy groups -OCH3 is 1. The highest BCUT2D eigenvalue weighted by molar-refractivity contribution is 7.89. The summed E-state index contributed by atoms with van der Waals surface area (Å²) in [5.74, 6) is -3.34. The zero-order valence-electron chi connectivity index (χ0n) is 16.6. The zero-order valence-corrected chi connectivity index (χ0v) is 17.5. The Kier molecular flexibility index (Phi) is 7.63. The molecular weight excluding hydrogens is 420 g/mol. The average molecular weight is 441 g/mol. The number of ether oxygens (including phenoxy) is 2. The molecule has 0 N–H and O–H groups in total. The van der Waals surface area contributed by atoms with Crippen LogP contribution in [0.2, 0.25) is 0 Å². The van der Waals surface area contributed by atoms with Crippen LogP contribution >= 0.6 is 0 Å². The maximum Gasteiger partial charge on any atom is 0.338 e. The van der Waals surface area contributed by atoms with Crippen molar-refractivity contribution in [2.45, 2.75) is 18.7 Å². The summed E-state index contributed by atoms with van der Waals surface area (Å²) in [6.45, 7) is 2.70. The highest BCUT2D eigenvalue weighted by atomic mass is 32.2. The van der Waals surface area contributed by atoms with E-state index in [1.807, 2.05) is 0 Å². The van der Waals surface area contributed by atoms with Crippen LogP contribution in [0.5, 0.6) is 5.75 Å². The highest BCUT2D eigenvalue weighted by Gasteiger charge is 2.27. The Labute approximate surface area is 173 Å². The summed E-state index contributed by atoms with van der Waals surface area (Å²) in [5.41, 5.74) is -0.365. The van der Waals surface area contributed by atoms with E-state index in [9.17, 15) is 26.8 Å². The molecule has 0 heterocycles. The molecule has 0 spiro atoms. The minimum Gasteiger partial charge on any atom is -0.496 e. The molecule has 0 bridgehead atoms. The molecule has 0 radical (unpaired) electrons. The van der Waals surface area contributed by atoms with Crippen LogP contribution in [0.1, 0.15) is 34.6 Å². The molecule has 0 atom stereocenters. The van der Waals surface area contributed by atoms with Gasteiger partial charge in [-0.1, -0.05) is 13.8 Å². The third-order valence-corrected chi connectivity index (χ3v) is 6.35. The normalized spacial score (nSPS) is 11.4. The molecule has 2 aromatic carbocycles. The van der Waals surface area contributed by atoms with Crippen molar-refractivity contribution in [1.82, 2.24) is 4.31 Å². The molecule has 2 aromatic rings. The molecule has 0 amide bonds. The maximum atomic E-state index is 14.2. The van der Waals surface area contributed by atoms with Gasteiger partial charge in [0, 0.05) is 13.1 Å². The van der Waals surface area contributed by atoms with Crippen molar-refractivity contribution in [1.29, 1.82) is 0 Å². The fourth-order valence-corrected chi connectivity index (χ4v) is 4.27. The first-order valence-corrected chi connectivity index (χ1v) is 10.4. The fraction of sp³-hybridized carbons (Fsp3) is 0.300. The number of carbonyl (C=O) groups is 2. The van der Waals surface area contributed by atoms with Crippen LogP contribution < -0.4 is 4.74 Å². The molecule has 162 valence electrons. The van der Waals surface area contributed by atoms with Crippen LogP contribution in [0.4, 0.5) is 8.78 Å². The summed E-state index contributed by atoms with van der Waals surface area (Å²) in [5, 5.41) is 0. The Morgan fingerprint density at radius 2 is 1.70 bits per heavy atom. The molecule has 0 aliphatic rings. The lowest BCUT2D eigenvalue weighted by Gasteiger charge is -2.19. The number of rotatable bonds is 9. The van der Waals surface area contributed by atoms with Crippen molar-refractivity contribution < 1.29 is 36.3 Å². The van der Waals surface area contributed by atoms with Crippen LogP contribution in [-0.2, 0) is 14.8 Å². The van der Waals surface area contributed by atoms with Crippen LogP contribution in [-0.4, -0.2) is 51.3 Å². The molecule has 0 fully saturated rings. The summed E-state index contributed by atoms with van der Waals surface area (Å²) < 4.78 is 63.6. The number of hydrogen-bond acceptors (Lipinski definition) is 6. The second kappa shape index (κ2) is 9.77. The average Bonchev–Trinajstić information content (AvgIpc) is 2.72. The largest absolute Gasteiger partial charge is 0.496 e. The van der Waals surface area contributed by atoms with E-state index >= 15 is 0 Å². The molecule has 0 unspecified atom stereocenters. The van der Waals surface area contributed by atoms with Crippen LogP contribution in [0.25, 0.3) is 0 Å². The second-order valence-electron chi connectivity index (χ2n) is 6.08. The van der Waals surface area contributed by atoms with Crippen LogP contribution in [0.15, 0.2) is 41.3 Å². The lowest BCUT2D eigenvalue weighted by Crippen LogP contribution is -2.31. The lowest BCUT2D eigenvalue weighted by atomic mass is 10.1. The number of nitrogens with zero attached hydrogens (tertiary/aromatic N) is 1. The van der Waals surface area contributed by atoms with Crippen molar-refractivity contribution in [3.63, 3.8) is 0 Å². The van der Waals surface area contributed by atoms with E-state index in [0.717, 1.165) is 34.6 Å².